The van der Waals surface area contributed by atoms with Gasteiger partial charge in [0.2, 0.25) is 0 Å². The molecule has 0 aliphatic carbocycles. The van der Waals surface area contributed by atoms with Crippen LogP contribution in [0.25, 0.3) is 0 Å². The van der Waals surface area contributed by atoms with Crippen LogP contribution in [-0.2, 0) is 44.3 Å². The predicted molar refractivity (Wildman–Crippen MR) is 130 cm³/mol. The summed E-state index contributed by atoms with van der Waals surface area (Å²) in [7, 11) is -4.32. The van der Waals surface area contributed by atoms with Crippen molar-refractivity contribution >= 4 is 43.9 Å². The molecule has 0 heterocycles. The van der Waals surface area contributed by atoms with Crippen LogP contribution in [0.15, 0.2) is 114 Å². The van der Waals surface area contributed by atoms with Crippen LogP contribution in [0.3, 0.4) is 0 Å². The summed E-state index contributed by atoms with van der Waals surface area (Å²) < 4.78 is 31.2. The van der Waals surface area contributed by atoms with Gasteiger partial charge in [-0.05, 0) is 15.5 Å². The molecule has 0 saturated heterocycles. The standard InChI is InChI=1S/C18H14PS.C7H7O3S.Au.Na/c20-19(16-10-4-1-5-11-16,17-12-6-2-7-13-17)18-14-8-3-9-15-18;1-6-3-2-4-7(5-6)11(8,9)10;;/h1-14H;2-5H,1H2,(H,8,9,10);;/q2*-1;;+1/p-1. The molecule has 0 fully saturated rings. The molecule has 1 radical (unpaired) electrons. The zero-order valence-electron chi connectivity index (χ0n) is 17.9. The van der Waals surface area contributed by atoms with Gasteiger partial charge in [0.25, 0.3) is 0 Å². The summed E-state index contributed by atoms with van der Waals surface area (Å²) >= 11 is 6.18. The summed E-state index contributed by atoms with van der Waals surface area (Å²) in [4.78, 5) is -0.231. The minimum absolute atomic E-state index is 0. The third kappa shape index (κ3) is 8.05. The summed E-state index contributed by atoms with van der Waals surface area (Å²) in [6.45, 7) is 3.49. The van der Waals surface area contributed by atoms with Gasteiger partial charge >= 0.3 is 29.6 Å². The van der Waals surface area contributed by atoms with E-state index in [1.54, 1.807) is 6.07 Å². The quantitative estimate of drug-likeness (QED) is 0.140. The van der Waals surface area contributed by atoms with Crippen LogP contribution in [-0.4, -0.2) is 13.0 Å². The van der Waals surface area contributed by atoms with Crippen LogP contribution in [0, 0.1) is 13.0 Å². The summed E-state index contributed by atoms with van der Waals surface area (Å²) in [5.41, 5.74) is 0.516. The Kier molecular flexibility index (Phi) is 12.6. The van der Waals surface area contributed by atoms with Crippen molar-refractivity contribution in [3.05, 3.63) is 128 Å². The van der Waals surface area contributed by atoms with Gasteiger partial charge in [0.05, 0.1) is 0 Å². The largest absolute Gasteiger partial charge is 1.00 e. The molecule has 0 amide bonds. The average molecular weight is 683 g/mol. The van der Waals surface area contributed by atoms with Crippen LogP contribution in [0.2, 0.25) is 0 Å². The first kappa shape index (κ1) is 30.1. The Labute approximate surface area is 239 Å². The molecule has 0 aliphatic rings. The summed E-state index contributed by atoms with van der Waals surface area (Å²) in [5, 5.41) is 3.54. The number of rotatable bonds is 4. The molecule has 4 aromatic rings. The maximum absolute atomic E-state index is 10.4. The van der Waals surface area contributed by atoms with Crippen molar-refractivity contribution in [3.63, 3.8) is 0 Å². The van der Waals surface area contributed by atoms with Crippen LogP contribution in [0.1, 0.15) is 5.56 Å². The fraction of sp³-hybridized carbons (Fsp3) is 0. The van der Waals surface area contributed by atoms with Crippen LogP contribution >= 0.6 is 6.04 Å². The average Bonchev–Trinajstić information content (AvgIpc) is 2.80. The van der Waals surface area contributed by atoms with Crippen LogP contribution in [0.4, 0.5) is 0 Å². The molecule has 0 aromatic heterocycles. The molecule has 4 rings (SSSR count). The Morgan fingerprint density at radius 1 is 0.788 bits per heavy atom. The second-order valence-corrected chi connectivity index (χ2v) is 12.4. The van der Waals surface area contributed by atoms with Gasteiger partial charge in [0.15, 0.2) is 0 Å². The van der Waals surface area contributed by atoms with Gasteiger partial charge in [-0.2, -0.15) is 48.9 Å². The maximum Gasteiger partial charge on any atom is 1.00 e. The normalized spacial score (nSPS) is 10.6. The monoisotopic (exact) mass is 683 g/mol. The molecular weight excluding hydrogens is 663 g/mol. The topological polar surface area (TPSA) is 57.2 Å². The van der Waals surface area contributed by atoms with Crippen molar-refractivity contribution in [3.8, 4) is 0 Å². The smallest absolute Gasteiger partial charge is 0.745 e. The summed E-state index contributed by atoms with van der Waals surface area (Å²) in [5.74, 6) is 0. The number of hydrogen-bond acceptors (Lipinski definition) is 4. The molecule has 0 N–H and O–H groups in total. The van der Waals surface area contributed by atoms with Gasteiger partial charge in [-0.15, -0.1) is 17.4 Å². The molecule has 4 aromatic carbocycles. The van der Waals surface area contributed by atoms with Crippen LogP contribution in [0.5, 0.6) is 0 Å². The van der Waals surface area contributed by atoms with Crippen molar-refractivity contribution < 1.29 is 64.9 Å². The second-order valence-electron chi connectivity index (χ2n) is 6.63. The van der Waals surface area contributed by atoms with E-state index in [0.29, 0.717) is 5.56 Å². The summed E-state index contributed by atoms with van der Waals surface area (Å²) in [6.07, 6.45) is 0. The Bertz CT molecular complexity index is 1180. The second kappa shape index (κ2) is 13.8. The zero-order chi connectivity index (χ0) is 22.3. The Balaban J connectivity index is 0.000000362. The Morgan fingerprint density at radius 2 is 1.30 bits per heavy atom. The zero-order valence-corrected chi connectivity index (χ0v) is 24.6. The molecule has 0 bridgehead atoms. The van der Waals surface area contributed by atoms with E-state index in [9.17, 15) is 13.0 Å². The Morgan fingerprint density at radius 3 is 1.70 bits per heavy atom. The SMILES string of the molecule is S=P(c1[c-]cccc1)(c1ccccc1)c1ccccc1.[Au].[CH2-]c1cccc(S(=O)(=O)[O-])c1.[Na+]. The van der Waals surface area contributed by atoms with Gasteiger partial charge in [0.1, 0.15) is 10.1 Å². The molecule has 0 atom stereocenters. The van der Waals surface area contributed by atoms with E-state index >= 15 is 0 Å². The van der Waals surface area contributed by atoms with Gasteiger partial charge in [-0.1, -0.05) is 78.5 Å². The van der Waals surface area contributed by atoms with E-state index < -0.39 is 16.2 Å². The maximum atomic E-state index is 10.4. The number of benzene rings is 4. The van der Waals surface area contributed by atoms with Crippen molar-refractivity contribution in [2.45, 2.75) is 4.90 Å². The first-order valence-corrected chi connectivity index (χ1v) is 13.6. The fourth-order valence-electron chi connectivity index (χ4n) is 2.98. The molecule has 169 valence electrons. The minimum atomic E-state index is -4.32. The third-order valence-corrected chi connectivity index (χ3v) is 10.2. The van der Waals surface area contributed by atoms with E-state index in [-0.39, 0.29) is 56.8 Å². The van der Waals surface area contributed by atoms with Gasteiger partial charge in [-0.25, -0.2) is 8.42 Å². The van der Waals surface area contributed by atoms with Crippen molar-refractivity contribution in [2.75, 3.05) is 0 Å². The molecule has 0 unspecified atom stereocenters. The molecule has 3 nitrogen and oxygen atoms in total. The van der Waals surface area contributed by atoms with Crippen molar-refractivity contribution in [1.29, 1.82) is 0 Å². The van der Waals surface area contributed by atoms with Crippen molar-refractivity contribution in [1.82, 2.24) is 0 Å². The fourth-order valence-corrected chi connectivity index (χ4v) is 7.19. The first-order chi connectivity index (χ1) is 14.8. The molecule has 0 aliphatic heterocycles. The van der Waals surface area contributed by atoms with Gasteiger partial charge in [-0.3, -0.25) is 0 Å². The first-order valence-electron chi connectivity index (χ1n) is 9.38. The van der Waals surface area contributed by atoms with Gasteiger partial charge < -0.3 is 4.55 Å². The third-order valence-electron chi connectivity index (χ3n) is 4.46. The van der Waals surface area contributed by atoms with Crippen LogP contribution < -0.4 is 45.5 Å². The molecule has 8 heteroatoms. The van der Waals surface area contributed by atoms with E-state index in [1.807, 2.05) is 30.3 Å². The van der Waals surface area contributed by atoms with E-state index in [1.165, 1.54) is 28.8 Å². The minimum Gasteiger partial charge on any atom is -0.745 e. The molecular formula is C25H20AuNaO3PS2-2. The Hall–Kier alpha value is -0.950. The molecule has 33 heavy (non-hydrogen) atoms. The van der Waals surface area contributed by atoms with E-state index in [2.05, 4.69) is 67.6 Å². The van der Waals surface area contributed by atoms with E-state index in [0.717, 1.165) is 5.30 Å². The molecule has 0 saturated carbocycles. The molecule has 0 spiro atoms. The van der Waals surface area contributed by atoms with Gasteiger partial charge in [0, 0.05) is 28.4 Å². The summed E-state index contributed by atoms with van der Waals surface area (Å²) in [6, 6.07) is 35.8. The van der Waals surface area contributed by atoms with E-state index in [4.69, 9.17) is 11.8 Å². The van der Waals surface area contributed by atoms with Crippen molar-refractivity contribution in [2.24, 2.45) is 0 Å². The number of hydrogen-bond donors (Lipinski definition) is 0. The predicted octanol–water partition coefficient (Wildman–Crippen LogP) is 1.02.